The van der Waals surface area contributed by atoms with Gasteiger partial charge in [0.25, 0.3) is 5.91 Å². The van der Waals surface area contributed by atoms with Gasteiger partial charge in [-0.2, -0.15) is 0 Å². The minimum atomic E-state index is -0.0834. The van der Waals surface area contributed by atoms with Crippen LogP contribution in [0.5, 0.6) is 0 Å². The number of carbonyl (C=O) groups excluding carboxylic acids is 1. The van der Waals surface area contributed by atoms with Crippen LogP contribution in [-0.4, -0.2) is 17.4 Å². The van der Waals surface area contributed by atoms with Crippen LogP contribution < -0.4 is 11.1 Å². The number of aromatic nitrogens is 1. The summed E-state index contributed by atoms with van der Waals surface area (Å²) in [5, 5.41) is 2.96. The van der Waals surface area contributed by atoms with Gasteiger partial charge >= 0.3 is 0 Å². The van der Waals surface area contributed by atoms with Crippen LogP contribution in [0, 0.1) is 11.3 Å². The Hall–Kier alpha value is -1.58. The molecule has 1 heterocycles. The third-order valence-corrected chi connectivity index (χ3v) is 3.57. The second-order valence-corrected chi connectivity index (χ2v) is 6.10. The standard InChI is InChI=1S/C15H25N3O/c1-6-12-7-11(8-13(16)18-12)14(19)17-9-10(2)15(3,4)5/h7-8,10H,6,9H2,1-5H3,(H2,16,18)(H,17,19). The van der Waals surface area contributed by atoms with Gasteiger partial charge in [0.1, 0.15) is 5.82 Å². The summed E-state index contributed by atoms with van der Waals surface area (Å²) in [6.07, 6.45) is 0.768. The van der Waals surface area contributed by atoms with Crippen LogP contribution >= 0.6 is 0 Å². The maximum Gasteiger partial charge on any atom is 0.251 e. The van der Waals surface area contributed by atoms with Gasteiger partial charge < -0.3 is 11.1 Å². The molecule has 0 fully saturated rings. The van der Waals surface area contributed by atoms with E-state index in [1.807, 2.05) is 6.92 Å². The number of amides is 1. The molecule has 0 aromatic carbocycles. The van der Waals surface area contributed by atoms with E-state index < -0.39 is 0 Å². The van der Waals surface area contributed by atoms with Gasteiger partial charge in [-0.15, -0.1) is 0 Å². The maximum atomic E-state index is 12.1. The summed E-state index contributed by atoms with van der Waals surface area (Å²) in [5.41, 5.74) is 7.32. The van der Waals surface area contributed by atoms with Crippen molar-refractivity contribution in [2.24, 2.45) is 11.3 Å². The Morgan fingerprint density at radius 2 is 2.05 bits per heavy atom. The molecule has 1 rings (SSSR count). The lowest BCUT2D eigenvalue weighted by Gasteiger charge is -2.27. The van der Waals surface area contributed by atoms with E-state index in [4.69, 9.17) is 5.73 Å². The molecule has 3 N–H and O–H groups in total. The lowest BCUT2D eigenvalue weighted by molar-refractivity contribution is 0.0937. The van der Waals surface area contributed by atoms with E-state index in [0.29, 0.717) is 23.8 Å². The molecule has 0 aliphatic carbocycles. The SMILES string of the molecule is CCc1cc(C(=O)NCC(C)C(C)(C)C)cc(N)n1. The topological polar surface area (TPSA) is 68.0 Å². The molecular weight excluding hydrogens is 238 g/mol. The summed E-state index contributed by atoms with van der Waals surface area (Å²) >= 11 is 0. The number of carbonyl (C=O) groups is 1. The first-order valence-corrected chi connectivity index (χ1v) is 6.78. The molecule has 0 spiro atoms. The molecule has 4 nitrogen and oxygen atoms in total. The van der Waals surface area contributed by atoms with Gasteiger partial charge in [-0.3, -0.25) is 4.79 Å². The van der Waals surface area contributed by atoms with Gasteiger partial charge in [-0.25, -0.2) is 4.98 Å². The van der Waals surface area contributed by atoms with E-state index >= 15 is 0 Å². The highest BCUT2D eigenvalue weighted by molar-refractivity contribution is 5.94. The third-order valence-electron chi connectivity index (χ3n) is 3.57. The van der Waals surface area contributed by atoms with Crippen molar-refractivity contribution >= 4 is 11.7 Å². The summed E-state index contributed by atoms with van der Waals surface area (Å²) in [4.78, 5) is 16.3. The Kier molecular flexibility index (Phi) is 4.92. The lowest BCUT2D eigenvalue weighted by Crippen LogP contribution is -2.33. The number of pyridine rings is 1. The number of hydrogen-bond donors (Lipinski definition) is 2. The van der Waals surface area contributed by atoms with Crippen LogP contribution in [-0.2, 0) is 6.42 Å². The van der Waals surface area contributed by atoms with Gasteiger partial charge in [0.2, 0.25) is 0 Å². The van der Waals surface area contributed by atoms with Crippen LogP contribution in [0.1, 0.15) is 50.7 Å². The Bertz CT molecular complexity index is 449. The number of nitrogens with two attached hydrogens (primary N) is 1. The van der Waals surface area contributed by atoms with Crippen molar-refractivity contribution in [2.75, 3.05) is 12.3 Å². The average molecular weight is 263 g/mol. The monoisotopic (exact) mass is 263 g/mol. The minimum absolute atomic E-state index is 0.0834. The van der Waals surface area contributed by atoms with Crippen LogP contribution in [0.4, 0.5) is 5.82 Å². The zero-order chi connectivity index (χ0) is 14.6. The maximum absolute atomic E-state index is 12.1. The molecule has 1 aromatic rings. The van der Waals surface area contributed by atoms with Crippen LogP contribution in [0.25, 0.3) is 0 Å². The summed E-state index contributed by atoms with van der Waals surface area (Å²) in [6, 6.07) is 3.42. The summed E-state index contributed by atoms with van der Waals surface area (Å²) < 4.78 is 0. The summed E-state index contributed by atoms with van der Waals surface area (Å²) in [5.74, 6) is 0.717. The zero-order valence-electron chi connectivity index (χ0n) is 12.6. The van der Waals surface area contributed by atoms with Crippen molar-refractivity contribution in [3.63, 3.8) is 0 Å². The molecule has 0 radical (unpaired) electrons. The molecule has 106 valence electrons. The van der Waals surface area contributed by atoms with Crippen molar-refractivity contribution in [3.05, 3.63) is 23.4 Å². The number of nitrogens with one attached hydrogen (secondary N) is 1. The fourth-order valence-corrected chi connectivity index (χ4v) is 1.58. The van der Waals surface area contributed by atoms with E-state index in [2.05, 4.69) is 38.0 Å². The predicted molar refractivity (Wildman–Crippen MR) is 79.0 cm³/mol. The third kappa shape index (κ3) is 4.54. The first-order valence-electron chi connectivity index (χ1n) is 6.78. The molecule has 4 heteroatoms. The molecular formula is C15H25N3O. The Labute approximate surface area is 115 Å². The Morgan fingerprint density at radius 1 is 1.42 bits per heavy atom. The Morgan fingerprint density at radius 3 is 2.58 bits per heavy atom. The first kappa shape index (κ1) is 15.5. The van der Waals surface area contributed by atoms with Gasteiger partial charge in [0, 0.05) is 17.8 Å². The normalized spacial score (nSPS) is 13.1. The van der Waals surface area contributed by atoms with Crippen molar-refractivity contribution in [3.8, 4) is 0 Å². The van der Waals surface area contributed by atoms with Gasteiger partial charge in [0.15, 0.2) is 0 Å². The lowest BCUT2D eigenvalue weighted by atomic mass is 9.82. The molecule has 1 amide bonds. The van der Waals surface area contributed by atoms with Crippen molar-refractivity contribution in [2.45, 2.75) is 41.0 Å². The van der Waals surface area contributed by atoms with E-state index in [0.717, 1.165) is 12.1 Å². The van der Waals surface area contributed by atoms with E-state index in [-0.39, 0.29) is 11.3 Å². The molecule has 0 saturated carbocycles. The molecule has 0 aliphatic heterocycles. The fraction of sp³-hybridized carbons (Fsp3) is 0.600. The number of anilines is 1. The molecule has 0 aliphatic rings. The summed E-state index contributed by atoms with van der Waals surface area (Å²) in [6.45, 7) is 11.3. The first-order chi connectivity index (χ1) is 8.74. The number of nitrogen functional groups attached to an aromatic ring is 1. The number of nitrogens with zero attached hydrogens (tertiary/aromatic N) is 1. The van der Waals surface area contributed by atoms with E-state index in [9.17, 15) is 4.79 Å². The average Bonchev–Trinajstić information content (AvgIpc) is 2.33. The van der Waals surface area contributed by atoms with Crippen molar-refractivity contribution < 1.29 is 4.79 Å². The summed E-state index contributed by atoms with van der Waals surface area (Å²) in [7, 11) is 0. The van der Waals surface area contributed by atoms with E-state index in [1.165, 1.54) is 0 Å². The van der Waals surface area contributed by atoms with E-state index in [1.54, 1.807) is 12.1 Å². The number of rotatable bonds is 4. The molecule has 19 heavy (non-hydrogen) atoms. The molecule has 1 aromatic heterocycles. The fourth-order valence-electron chi connectivity index (χ4n) is 1.58. The molecule has 1 atom stereocenters. The van der Waals surface area contributed by atoms with Gasteiger partial charge in [0.05, 0.1) is 0 Å². The molecule has 1 unspecified atom stereocenters. The van der Waals surface area contributed by atoms with Crippen LogP contribution in [0.15, 0.2) is 12.1 Å². The highest BCUT2D eigenvalue weighted by Gasteiger charge is 2.20. The molecule has 0 bridgehead atoms. The highest BCUT2D eigenvalue weighted by Crippen LogP contribution is 2.24. The van der Waals surface area contributed by atoms with Crippen molar-refractivity contribution in [1.29, 1.82) is 0 Å². The minimum Gasteiger partial charge on any atom is -0.384 e. The highest BCUT2D eigenvalue weighted by atomic mass is 16.1. The Balaban J connectivity index is 2.71. The second kappa shape index (κ2) is 6.04. The quantitative estimate of drug-likeness (QED) is 0.877. The largest absolute Gasteiger partial charge is 0.384 e. The van der Waals surface area contributed by atoms with Crippen LogP contribution in [0.3, 0.4) is 0 Å². The van der Waals surface area contributed by atoms with Gasteiger partial charge in [-0.1, -0.05) is 34.6 Å². The molecule has 0 saturated heterocycles. The zero-order valence-corrected chi connectivity index (χ0v) is 12.6. The van der Waals surface area contributed by atoms with Crippen molar-refractivity contribution in [1.82, 2.24) is 10.3 Å². The second-order valence-electron chi connectivity index (χ2n) is 6.10. The smallest absolute Gasteiger partial charge is 0.251 e. The van der Waals surface area contributed by atoms with Crippen LogP contribution in [0.2, 0.25) is 0 Å². The number of hydrogen-bond acceptors (Lipinski definition) is 3. The van der Waals surface area contributed by atoms with Gasteiger partial charge in [-0.05, 0) is 29.9 Å². The number of aryl methyl sites for hydroxylation is 1. The predicted octanol–water partition coefficient (Wildman–Crippen LogP) is 2.64.